The first-order valence-electron chi connectivity index (χ1n) is 5.87. The van der Waals surface area contributed by atoms with Crippen LogP contribution in [-0.2, 0) is 5.41 Å². The molecule has 1 aromatic carbocycles. The molecule has 1 aromatic heterocycles. The van der Waals surface area contributed by atoms with Gasteiger partial charge in [-0.1, -0.05) is 45.0 Å². The Labute approximate surface area is 107 Å². The minimum atomic E-state index is 0.133. The number of aromatic nitrogens is 2. The number of rotatable bonds is 1. The third-order valence-corrected chi connectivity index (χ3v) is 2.77. The number of benzene rings is 1. The molecule has 94 valence electrons. The number of nitrogens with zero attached hydrogens (tertiary/aromatic N) is 2. The van der Waals surface area contributed by atoms with Crippen LogP contribution in [-0.4, -0.2) is 9.97 Å². The summed E-state index contributed by atoms with van der Waals surface area (Å²) in [6.07, 6.45) is 0. The van der Waals surface area contributed by atoms with Gasteiger partial charge in [-0.05, 0) is 11.0 Å². The molecule has 0 atom stereocenters. The Balaban J connectivity index is 2.40. The smallest absolute Gasteiger partial charge is 0.163 e. The second-order valence-corrected chi connectivity index (χ2v) is 5.37. The molecular weight excluding hydrogens is 224 g/mol. The second-order valence-electron chi connectivity index (χ2n) is 5.37. The van der Waals surface area contributed by atoms with Crippen LogP contribution in [0, 0.1) is 0 Å². The van der Waals surface area contributed by atoms with Crippen LogP contribution in [0.15, 0.2) is 30.3 Å². The van der Waals surface area contributed by atoms with E-state index in [1.807, 2.05) is 12.1 Å². The van der Waals surface area contributed by atoms with Crippen LogP contribution in [0.1, 0.15) is 26.3 Å². The molecule has 0 aliphatic rings. The van der Waals surface area contributed by atoms with Crippen LogP contribution >= 0.6 is 0 Å². The number of hydrogen-bond acceptors (Lipinski definition) is 4. The lowest BCUT2D eigenvalue weighted by Crippen LogP contribution is -2.10. The maximum atomic E-state index is 5.66. The van der Waals surface area contributed by atoms with Crippen molar-refractivity contribution in [1.82, 2.24) is 9.97 Å². The van der Waals surface area contributed by atoms with Gasteiger partial charge in [-0.3, -0.25) is 0 Å². The first kappa shape index (κ1) is 12.4. The van der Waals surface area contributed by atoms with Gasteiger partial charge in [0.1, 0.15) is 11.6 Å². The van der Waals surface area contributed by atoms with Crippen LogP contribution in [0.2, 0.25) is 0 Å². The Hall–Kier alpha value is -2.10. The molecule has 4 heteroatoms. The van der Waals surface area contributed by atoms with Crippen LogP contribution in [0.25, 0.3) is 11.4 Å². The van der Waals surface area contributed by atoms with Crippen LogP contribution in [0.4, 0.5) is 11.6 Å². The van der Waals surface area contributed by atoms with E-state index in [2.05, 4.69) is 42.9 Å². The van der Waals surface area contributed by atoms with Gasteiger partial charge in [0.15, 0.2) is 5.82 Å². The number of hydrogen-bond donors (Lipinski definition) is 2. The van der Waals surface area contributed by atoms with E-state index in [9.17, 15) is 0 Å². The summed E-state index contributed by atoms with van der Waals surface area (Å²) in [6.45, 7) is 6.53. The quantitative estimate of drug-likeness (QED) is 0.805. The van der Waals surface area contributed by atoms with E-state index in [0.29, 0.717) is 17.5 Å². The lowest BCUT2D eigenvalue weighted by Gasteiger charge is -2.19. The molecule has 0 radical (unpaired) electrons. The van der Waals surface area contributed by atoms with E-state index >= 15 is 0 Å². The third-order valence-electron chi connectivity index (χ3n) is 2.77. The van der Waals surface area contributed by atoms with Gasteiger partial charge < -0.3 is 11.5 Å². The molecule has 0 spiro atoms. The predicted octanol–water partition coefficient (Wildman–Crippen LogP) is 2.61. The van der Waals surface area contributed by atoms with Crippen molar-refractivity contribution >= 4 is 11.6 Å². The zero-order valence-corrected chi connectivity index (χ0v) is 10.9. The molecule has 0 aliphatic carbocycles. The second kappa shape index (κ2) is 4.29. The summed E-state index contributed by atoms with van der Waals surface area (Å²) < 4.78 is 0. The summed E-state index contributed by atoms with van der Waals surface area (Å²) in [4.78, 5) is 8.37. The van der Waals surface area contributed by atoms with Gasteiger partial charge in [0, 0.05) is 11.6 Å². The van der Waals surface area contributed by atoms with Gasteiger partial charge in [0.2, 0.25) is 0 Å². The van der Waals surface area contributed by atoms with E-state index < -0.39 is 0 Å². The van der Waals surface area contributed by atoms with Gasteiger partial charge in [-0.15, -0.1) is 0 Å². The average molecular weight is 242 g/mol. The van der Waals surface area contributed by atoms with Crippen molar-refractivity contribution in [3.63, 3.8) is 0 Å². The normalized spacial score (nSPS) is 11.5. The summed E-state index contributed by atoms with van der Waals surface area (Å²) in [5, 5.41) is 0. The molecule has 4 N–H and O–H groups in total. The SMILES string of the molecule is CC(C)(C)c1ccc(-c2nc(N)cc(N)n2)cc1. The van der Waals surface area contributed by atoms with Crippen LogP contribution in [0.3, 0.4) is 0 Å². The van der Waals surface area contributed by atoms with Gasteiger partial charge in [0.25, 0.3) is 0 Å². The fourth-order valence-corrected chi connectivity index (χ4v) is 1.73. The highest BCUT2D eigenvalue weighted by atomic mass is 15.0. The minimum absolute atomic E-state index is 0.133. The van der Waals surface area contributed by atoms with Gasteiger partial charge >= 0.3 is 0 Å². The van der Waals surface area contributed by atoms with Crippen molar-refractivity contribution in [3.8, 4) is 11.4 Å². The Morgan fingerprint density at radius 2 is 1.39 bits per heavy atom. The maximum absolute atomic E-state index is 5.66. The molecule has 18 heavy (non-hydrogen) atoms. The molecule has 0 unspecified atom stereocenters. The Morgan fingerprint density at radius 3 is 1.83 bits per heavy atom. The fraction of sp³-hybridized carbons (Fsp3) is 0.286. The lowest BCUT2D eigenvalue weighted by molar-refractivity contribution is 0.590. The molecule has 0 fully saturated rings. The van der Waals surface area contributed by atoms with Crippen molar-refractivity contribution in [1.29, 1.82) is 0 Å². The van der Waals surface area contributed by atoms with E-state index in [-0.39, 0.29) is 5.41 Å². The first-order valence-corrected chi connectivity index (χ1v) is 5.87. The van der Waals surface area contributed by atoms with Gasteiger partial charge in [0.05, 0.1) is 0 Å². The molecule has 4 nitrogen and oxygen atoms in total. The molecule has 0 amide bonds. The molecule has 0 bridgehead atoms. The zero-order valence-electron chi connectivity index (χ0n) is 10.9. The molecule has 2 aromatic rings. The van der Waals surface area contributed by atoms with E-state index in [4.69, 9.17) is 11.5 Å². The highest BCUT2D eigenvalue weighted by Crippen LogP contribution is 2.25. The van der Waals surface area contributed by atoms with Gasteiger partial charge in [-0.2, -0.15) is 0 Å². The molecule has 2 rings (SSSR count). The molecule has 1 heterocycles. The standard InChI is InChI=1S/C14H18N4/c1-14(2,3)10-6-4-9(5-7-10)13-17-11(15)8-12(16)18-13/h4-8H,1-3H3,(H4,15,16,17,18). The number of anilines is 2. The third kappa shape index (κ3) is 2.59. The number of nitrogens with two attached hydrogens (primary N) is 2. The van der Waals surface area contributed by atoms with Crippen molar-refractivity contribution in [2.75, 3.05) is 11.5 Å². The number of nitrogen functional groups attached to an aromatic ring is 2. The summed E-state index contributed by atoms with van der Waals surface area (Å²) in [6, 6.07) is 9.70. The molecule has 0 aliphatic heterocycles. The lowest BCUT2D eigenvalue weighted by atomic mass is 9.87. The average Bonchev–Trinajstić information content (AvgIpc) is 2.27. The molecule has 0 saturated carbocycles. The largest absolute Gasteiger partial charge is 0.384 e. The van der Waals surface area contributed by atoms with Gasteiger partial charge in [-0.25, -0.2) is 9.97 Å². The van der Waals surface area contributed by atoms with Crippen molar-refractivity contribution in [3.05, 3.63) is 35.9 Å². The maximum Gasteiger partial charge on any atom is 0.163 e. The van der Waals surface area contributed by atoms with Crippen LogP contribution in [0.5, 0.6) is 0 Å². The summed E-state index contributed by atoms with van der Waals surface area (Å²) >= 11 is 0. The summed E-state index contributed by atoms with van der Waals surface area (Å²) in [7, 11) is 0. The minimum Gasteiger partial charge on any atom is -0.384 e. The zero-order chi connectivity index (χ0) is 13.3. The van der Waals surface area contributed by atoms with E-state index in [1.54, 1.807) is 6.07 Å². The molecule has 0 saturated heterocycles. The Morgan fingerprint density at radius 1 is 0.889 bits per heavy atom. The van der Waals surface area contributed by atoms with Crippen molar-refractivity contribution in [2.45, 2.75) is 26.2 Å². The van der Waals surface area contributed by atoms with E-state index in [1.165, 1.54) is 5.56 Å². The first-order chi connectivity index (χ1) is 8.36. The fourth-order valence-electron chi connectivity index (χ4n) is 1.73. The van der Waals surface area contributed by atoms with Crippen LogP contribution < -0.4 is 11.5 Å². The topological polar surface area (TPSA) is 77.8 Å². The highest BCUT2D eigenvalue weighted by Gasteiger charge is 2.13. The Kier molecular flexibility index (Phi) is 2.95. The summed E-state index contributed by atoms with van der Waals surface area (Å²) in [5.74, 6) is 1.34. The summed E-state index contributed by atoms with van der Waals surface area (Å²) in [5.41, 5.74) is 13.6. The highest BCUT2D eigenvalue weighted by molar-refractivity contribution is 5.60. The Bertz CT molecular complexity index is 533. The van der Waals surface area contributed by atoms with Crippen molar-refractivity contribution in [2.24, 2.45) is 0 Å². The van der Waals surface area contributed by atoms with E-state index in [0.717, 1.165) is 5.56 Å². The monoisotopic (exact) mass is 242 g/mol. The molecular formula is C14H18N4. The van der Waals surface area contributed by atoms with Crippen molar-refractivity contribution < 1.29 is 0 Å². The predicted molar refractivity (Wildman–Crippen MR) is 75.0 cm³/mol.